The molecule has 0 amide bonds. The van der Waals surface area contributed by atoms with Crippen LogP contribution in [-0.2, 0) is 13.0 Å². The summed E-state index contributed by atoms with van der Waals surface area (Å²) in [5, 5.41) is 0. The molecule has 0 fully saturated rings. The van der Waals surface area contributed by atoms with Crippen molar-refractivity contribution in [2.45, 2.75) is 25.3 Å². The SMILES string of the molecule is c1ccc(CCCn2c(C(c3ccccc3)c3ccccc3)nc3ccccc32)cc1. The van der Waals surface area contributed by atoms with E-state index in [-0.39, 0.29) is 5.92 Å². The van der Waals surface area contributed by atoms with Gasteiger partial charge in [0.05, 0.1) is 17.0 Å². The van der Waals surface area contributed by atoms with Gasteiger partial charge in [-0.3, -0.25) is 0 Å². The van der Waals surface area contributed by atoms with Crippen molar-refractivity contribution in [1.82, 2.24) is 9.55 Å². The van der Waals surface area contributed by atoms with Gasteiger partial charge < -0.3 is 4.57 Å². The molecule has 0 saturated carbocycles. The first kappa shape index (κ1) is 19.3. The lowest BCUT2D eigenvalue weighted by Crippen LogP contribution is -2.12. The average molecular weight is 403 g/mol. The Bertz CT molecular complexity index is 1200. The number of hydrogen-bond acceptors (Lipinski definition) is 1. The summed E-state index contributed by atoms with van der Waals surface area (Å²) >= 11 is 0. The summed E-state index contributed by atoms with van der Waals surface area (Å²) in [6.45, 7) is 0.945. The average Bonchev–Trinajstić information content (AvgIpc) is 3.19. The molecule has 1 aromatic heterocycles. The number of para-hydroxylation sites is 2. The molecular weight excluding hydrogens is 376 g/mol. The topological polar surface area (TPSA) is 17.8 Å². The van der Waals surface area contributed by atoms with Crippen molar-refractivity contribution in [2.75, 3.05) is 0 Å². The highest BCUT2D eigenvalue weighted by Gasteiger charge is 2.23. The summed E-state index contributed by atoms with van der Waals surface area (Å²) in [6, 6.07) is 40.7. The first-order valence-electron chi connectivity index (χ1n) is 11.0. The largest absolute Gasteiger partial charge is 0.327 e. The van der Waals surface area contributed by atoms with Crippen LogP contribution in [0.5, 0.6) is 0 Å². The number of fused-ring (bicyclic) bond motifs is 1. The Labute approximate surface area is 183 Å². The lowest BCUT2D eigenvalue weighted by atomic mass is 9.90. The highest BCUT2D eigenvalue weighted by atomic mass is 15.1. The number of hydrogen-bond donors (Lipinski definition) is 0. The zero-order chi connectivity index (χ0) is 20.9. The molecule has 0 aliphatic carbocycles. The number of benzene rings is 4. The highest BCUT2D eigenvalue weighted by Crippen LogP contribution is 2.33. The van der Waals surface area contributed by atoms with Crippen LogP contribution in [0.3, 0.4) is 0 Å². The smallest absolute Gasteiger partial charge is 0.121 e. The summed E-state index contributed by atoms with van der Waals surface area (Å²) in [4.78, 5) is 5.15. The van der Waals surface area contributed by atoms with E-state index in [9.17, 15) is 0 Å². The van der Waals surface area contributed by atoms with E-state index in [1.54, 1.807) is 0 Å². The Kier molecular flexibility index (Phi) is 5.62. The molecule has 2 heteroatoms. The first-order valence-corrected chi connectivity index (χ1v) is 11.0. The lowest BCUT2D eigenvalue weighted by Gasteiger charge is -2.20. The van der Waals surface area contributed by atoms with E-state index in [1.807, 2.05) is 0 Å². The predicted molar refractivity (Wildman–Crippen MR) is 128 cm³/mol. The van der Waals surface area contributed by atoms with E-state index >= 15 is 0 Å². The number of imidazole rings is 1. The maximum atomic E-state index is 5.15. The van der Waals surface area contributed by atoms with Gasteiger partial charge in [0.25, 0.3) is 0 Å². The summed E-state index contributed by atoms with van der Waals surface area (Å²) < 4.78 is 2.43. The van der Waals surface area contributed by atoms with Gasteiger partial charge in [-0.05, 0) is 41.7 Å². The monoisotopic (exact) mass is 402 g/mol. The van der Waals surface area contributed by atoms with Crippen molar-refractivity contribution in [3.63, 3.8) is 0 Å². The van der Waals surface area contributed by atoms with Gasteiger partial charge in [0.2, 0.25) is 0 Å². The fourth-order valence-corrected chi connectivity index (χ4v) is 4.42. The van der Waals surface area contributed by atoms with Crippen LogP contribution in [0.4, 0.5) is 0 Å². The van der Waals surface area contributed by atoms with Crippen LogP contribution >= 0.6 is 0 Å². The van der Waals surface area contributed by atoms with Gasteiger partial charge in [-0.1, -0.05) is 103 Å². The summed E-state index contributed by atoms with van der Waals surface area (Å²) in [5.41, 5.74) is 6.20. The van der Waals surface area contributed by atoms with Crippen LogP contribution in [0.2, 0.25) is 0 Å². The van der Waals surface area contributed by atoms with Gasteiger partial charge in [0.15, 0.2) is 0 Å². The minimum Gasteiger partial charge on any atom is -0.327 e. The molecular formula is C29H26N2. The molecule has 4 aromatic carbocycles. The van der Waals surface area contributed by atoms with Crippen LogP contribution in [0.1, 0.15) is 34.9 Å². The molecule has 0 aliphatic rings. The number of nitrogens with zero attached hydrogens (tertiary/aromatic N) is 2. The molecule has 0 N–H and O–H groups in total. The van der Waals surface area contributed by atoms with Crippen LogP contribution in [0.25, 0.3) is 11.0 Å². The van der Waals surface area contributed by atoms with Crippen molar-refractivity contribution >= 4 is 11.0 Å². The zero-order valence-electron chi connectivity index (χ0n) is 17.6. The Morgan fingerprint density at radius 2 is 1.16 bits per heavy atom. The van der Waals surface area contributed by atoms with Gasteiger partial charge in [0, 0.05) is 6.54 Å². The van der Waals surface area contributed by atoms with E-state index in [2.05, 4.69) is 120 Å². The van der Waals surface area contributed by atoms with Crippen molar-refractivity contribution in [3.8, 4) is 0 Å². The number of rotatable bonds is 7. The molecule has 0 radical (unpaired) electrons. The number of aromatic nitrogens is 2. The molecule has 0 bridgehead atoms. The van der Waals surface area contributed by atoms with Gasteiger partial charge in [0.1, 0.15) is 5.82 Å². The van der Waals surface area contributed by atoms with Crippen molar-refractivity contribution in [1.29, 1.82) is 0 Å². The van der Waals surface area contributed by atoms with Gasteiger partial charge in [-0.2, -0.15) is 0 Å². The molecule has 5 rings (SSSR count). The summed E-state index contributed by atoms with van der Waals surface area (Å²) in [6.07, 6.45) is 2.14. The fraction of sp³-hybridized carbons (Fsp3) is 0.138. The van der Waals surface area contributed by atoms with Gasteiger partial charge >= 0.3 is 0 Å². The standard InChI is InChI=1S/C29H26N2/c1-4-13-23(14-5-1)15-12-22-31-27-21-11-10-20-26(27)30-29(31)28(24-16-6-2-7-17-24)25-18-8-3-9-19-25/h1-11,13-14,16-21,28H,12,15,22H2. The van der Waals surface area contributed by atoms with E-state index in [1.165, 1.54) is 22.2 Å². The van der Waals surface area contributed by atoms with Crippen LogP contribution in [-0.4, -0.2) is 9.55 Å². The Hall–Kier alpha value is -3.65. The highest BCUT2D eigenvalue weighted by molar-refractivity contribution is 5.76. The fourth-order valence-electron chi connectivity index (χ4n) is 4.42. The molecule has 152 valence electrons. The predicted octanol–water partition coefficient (Wildman–Crippen LogP) is 6.85. The first-order chi connectivity index (χ1) is 15.4. The molecule has 0 unspecified atom stereocenters. The third-order valence-electron chi connectivity index (χ3n) is 5.90. The molecule has 0 saturated heterocycles. The minimum absolute atomic E-state index is 0.103. The number of aryl methyl sites for hydroxylation is 2. The van der Waals surface area contributed by atoms with Crippen LogP contribution in [0, 0.1) is 0 Å². The maximum Gasteiger partial charge on any atom is 0.121 e. The molecule has 5 aromatic rings. The quantitative estimate of drug-likeness (QED) is 0.291. The van der Waals surface area contributed by atoms with E-state index in [0.29, 0.717) is 0 Å². The Morgan fingerprint density at radius 3 is 1.81 bits per heavy atom. The molecule has 2 nitrogen and oxygen atoms in total. The van der Waals surface area contributed by atoms with E-state index in [0.717, 1.165) is 30.7 Å². The molecule has 0 atom stereocenters. The van der Waals surface area contributed by atoms with E-state index < -0.39 is 0 Å². The van der Waals surface area contributed by atoms with Gasteiger partial charge in [-0.15, -0.1) is 0 Å². The molecule has 0 aliphatic heterocycles. The molecule has 1 heterocycles. The second-order valence-electron chi connectivity index (χ2n) is 7.95. The third-order valence-corrected chi connectivity index (χ3v) is 5.90. The maximum absolute atomic E-state index is 5.15. The minimum atomic E-state index is 0.103. The van der Waals surface area contributed by atoms with Crippen LogP contribution < -0.4 is 0 Å². The molecule has 0 spiro atoms. The van der Waals surface area contributed by atoms with Crippen LogP contribution in [0.15, 0.2) is 115 Å². The summed E-state index contributed by atoms with van der Waals surface area (Å²) in [7, 11) is 0. The second kappa shape index (κ2) is 9.01. The van der Waals surface area contributed by atoms with Gasteiger partial charge in [-0.25, -0.2) is 4.98 Å². The zero-order valence-corrected chi connectivity index (χ0v) is 17.6. The normalized spacial score (nSPS) is 11.3. The van der Waals surface area contributed by atoms with E-state index in [4.69, 9.17) is 4.98 Å². The second-order valence-corrected chi connectivity index (χ2v) is 7.95. The van der Waals surface area contributed by atoms with Crippen molar-refractivity contribution in [2.24, 2.45) is 0 Å². The van der Waals surface area contributed by atoms with Crippen molar-refractivity contribution in [3.05, 3.63) is 138 Å². The molecule has 31 heavy (non-hydrogen) atoms. The Morgan fingerprint density at radius 1 is 0.613 bits per heavy atom. The van der Waals surface area contributed by atoms with Crippen molar-refractivity contribution < 1.29 is 0 Å². The third kappa shape index (κ3) is 4.15. The summed E-state index contributed by atoms with van der Waals surface area (Å²) in [5.74, 6) is 1.22. The lowest BCUT2D eigenvalue weighted by molar-refractivity contribution is 0.618. The Balaban J connectivity index is 1.58.